The van der Waals surface area contributed by atoms with Gasteiger partial charge in [-0.25, -0.2) is 0 Å². The largest absolute Gasteiger partial charge is 0.394 e. The highest BCUT2D eigenvalue weighted by molar-refractivity contribution is 5.76. The molecule has 0 heterocycles. The highest BCUT2D eigenvalue weighted by Gasteiger charge is 2.17. The van der Waals surface area contributed by atoms with Gasteiger partial charge in [-0.3, -0.25) is 4.79 Å². The molecule has 0 aliphatic rings. The van der Waals surface area contributed by atoms with E-state index in [1.807, 2.05) is 6.08 Å². The molecule has 1 amide bonds. The molecule has 0 radical (unpaired) electrons. The summed E-state index contributed by atoms with van der Waals surface area (Å²) < 4.78 is 0. The number of hydrogen-bond acceptors (Lipinski definition) is 3. The highest BCUT2D eigenvalue weighted by Crippen LogP contribution is 2.14. The first kappa shape index (κ1) is 47.8. The van der Waals surface area contributed by atoms with E-state index >= 15 is 0 Å². The van der Waals surface area contributed by atoms with Crippen molar-refractivity contribution in [3.63, 3.8) is 0 Å². The van der Waals surface area contributed by atoms with Crippen molar-refractivity contribution >= 4 is 5.91 Å². The Morgan fingerprint density at radius 2 is 0.880 bits per heavy atom. The molecule has 0 aromatic carbocycles. The molecular formula is C46H81NO3. The summed E-state index contributed by atoms with van der Waals surface area (Å²) in [4.78, 5) is 12.4. The smallest absolute Gasteiger partial charge is 0.220 e. The average molecular weight is 696 g/mol. The van der Waals surface area contributed by atoms with Crippen molar-refractivity contribution in [2.45, 2.75) is 206 Å². The van der Waals surface area contributed by atoms with Crippen molar-refractivity contribution in [2.24, 2.45) is 0 Å². The van der Waals surface area contributed by atoms with Gasteiger partial charge in [-0.2, -0.15) is 0 Å². The lowest BCUT2D eigenvalue weighted by molar-refractivity contribution is -0.123. The molecule has 50 heavy (non-hydrogen) atoms. The number of carbonyl (C=O) groups is 1. The van der Waals surface area contributed by atoms with Crippen LogP contribution in [0.25, 0.3) is 0 Å². The van der Waals surface area contributed by atoms with Crippen LogP contribution in [0, 0.1) is 0 Å². The topological polar surface area (TPSA) is 69.6 Å². The predicted octanol–water partition coefficient (Wildman–Crippen LogP) is 13.1. The molecule has 2 atom stereocenters. The molecule has 0 spiro atoms. The number of carbonyl (C=O) groups excluding carboxylic acids is 1. The van der Waals surface area contributed by atoms with E-state index in [2.05, 4.69) is 79.9 Å². The molecule has 0 aliphatic carbocycles. The minimum absolute atomic E-state index is 0.0787. The van der Waals surface area contributed by atoms with Gasteiger partial charge >= 0.3 is 0 Å². The van der Waals surface area contributed by atoms with E-state index in [9.17, 15) is 15.0 Å². The lowest BCUT2D eigenvalue weighted by Crippen LogP contribution is -2.45. The quantitative estimate of drug-likeness (QED) is 0.0447. The summed E-state index contributed by atoms with van der Waals surface area (Å²) in [6, 6.07) is -0.631. The second-order valence-corrected chi connectivity index (χ2v) is 14.0. The fraction of sp³-hybridized carbons (Fsp3) is 0.717. The molecule has 288 valence electrons. The second-order valence-electron chi connectivity index (χ2n) is 14.0. The van der Waals surface area contributed by atoms with Crippen LogP contribution in [0.1, 0.15) is 194 Å². The number of amides is 1. The summed E-state index contributed by atoms with van der Waals surface area (Å²) in [7, 11) is 0. The van der Waals surface area contributed by atoms with Crippen molar-refractivity contribution in [3.8, 4) is 0 Å². The van der Waals surface area contributed by atoms with Gasteiger partial charge < -0.3 is 15.5 Å². The molecule has 0 saturated carbocycles. The maximum absolute atomic E-state index is 12.4. The lowest BCUT2D eigenvalue weighted by Gasteiger charge is -2.20. The van der Waals surface area contributed by atoms with Gasteiger partial charge in [-0.1, -0.05) is 196 Å². The number of rotatable bonds is 37. The van der Waals surface area contributed by atoms with Gasteiger partial charge in [0.25, 0.3) is 0 Å². The molecule has 0 aromatic heterocycles. The zero-order chi connectivity index (χ0) is 36.4. The van der Waals surface area contributed by atoms with Crippen LogP contribution < -0.4 is 5.32 Å². The molecule has 0 aromatic rings. The molecule has 2 unspecified atom stereocenters. The van der Waals surface area contributed by atoms with E-state index in [1.165, 1.54) is 103 Å². The van der Waals surface area contributed by atoms with E-state index in [0.29, 0.717) is 6.42 Å². The Kier molecular flexibility index (Phi) is 39.5. The number of hydrogen-bond donors (Lipinski definition) is 3. The first-order chi connectivity index (χ1) is 24.7. The Balaban J connectivity index is 3.65. The monoisotopic (exact) mass is 696 g/mol. The van der Waals surface area contributed by atoms with Crippen LogP contribution in [0.4, 0.5) is 0 Å². The Morgan fingerprint density at radius 1 is 0.500 bits per heavy atom. The van der Waals surface area contributed by atoms with Crippen molar-refractivity contribution in [2.75, 3.05) is 6.61 Å². The summed E-state index contributed by atoms with van der Waals surface area (Å²) >= 11 is 0. The average Bonchev–Trinajstić information content (AvgIpc) is 3.12. The first-order valence-electron chi connectivity index (χ1n) is 21.2. The maximum Gasteiger partial charge on any atom is 0.220 e. The van der Waals surface area contributed by atoms with E-state index in [1.54, 1.807) is 6.08 Å². The third kappa shape index (κ3) is 37.1. The molecule has 0 rings (SSSR count). The SMILES string of the molecule is CC/C=C\C/C=C\C/C=C\C/C=C\C/C=C\CCCCCCCCCC(=O)NC(CO)C(O)/C=C/CCCCCCCCCCCCCCC. The number of unbranched alkanes of at least 4 members (excludes halogenated alkanes) is 20. The number of aliphatic hydroxyl groups is 2. The summed E-state index contributed by atoms with van der Waals surface area (Å²) in [6.45, 7) is 4.18. The van der Waals surface area contributed by atoms with Crippen LogP contribution in [0.15, 0.2) is 72.9 Å². The third-order valence-electron chi connectivity index (χ3n) is 9.20. The van der Waals surface area contributed by atoms with Crippen LogP contribution in [0.2, 0.25) is 0 Å². The summed E-state index contributed by atoms with van der Waals surface area (Å²) in [5.41, 5.74) is 0. The van der Waals surface area contributed by atoms with Gasteiger partial charge in [0, 0.05) is 6.42 Å². The molecule has 4 heteroatoms. The Morgan fingerprint density at radius 3 is 1.32 bits per heavy atom. The molecule has 0 aliphatic heterocycles. The Bertz CT molecular complexity index is 884. The van der Waals surface area contributed by atoms with Gasteiger partial charge in [-0.15, -0.1) is 0 Å². The van der Waals surface area contributed by atoms with E-state index < -0.39 is 12.1 Å². The summed E-state index contributed by atoms with van der Waals surface area (Å²) in [6.07, 6.45) is 58.5. The second kappa shape index (κ2) is 41.3. The fourth-order valence-corrected chi connectivity index (χ4v) is 5.97. The predicted molar refractivity (Wildman–Crippen MR) is 220 cm³/mol. The van der Waals surface area contributed by atoms with Crippen LogP contribution in [-0.4, -0.2) is 34.9 Å². The first-order valence-corrected chi connectivity index (χ1v) is 21.2. The van der Waals surface area contributed by atoms with E-state index in [0.717, 1.165) is 70.6 Å². The van der Waals surface area contributed by atoms with E-state index in [4.69, 9.17) is 0 Å². The van der Waals surface area contributed by atoms with Gasteiger partial charge in [0.1, 0.15) is 0 Å². The van der Waals surface area contributed by atoms with Crippen molar-refractivity contribution in [1.82, 2.24) is 5.32 Å². The highest BCUT2D eigenvalue weighted by atomic mass is 16.3. The van der Waals surface area contributed by atoms with Crippen molar-refractivity contribution in [1.29, 1.82) is 0 Å². The minimum Gasteiger partial charge on any atom is -0.394 e. The van der Waals surface area contributed by atoms with Gasteiger partial charge in [0.05, 0.1) is 18.8 Å². The number of aliphatic hydroxyl groups excluding tert-OH is 2. The van der Waals surface area contributed by atoms with Gasteiger partial charge in [0.2, 0.25) is 5.91 Å². The Hall–Kier alpha value is -2.17. The van der Waals surface area contributed by atoms with Crippen LogP contribution in [0.5, 0.6) is 0 Å². The van der Waals surface area contributed by atoms with Gasteiger partial charge in [0.15, 0.2) is 0 Å². The van der Waals surface area contributed by atoms with Crippen LogP contribution in [-0.2, 0) is 4.79 Å². The summed E-state index contributed by atoms with van der Waals surface area (Å²) in [5.74, 6) is -0.0787. The zero-order valence-corrected chi connectivity index (χ0v) is 32.9. The fourth-order valence-electron chi connectivity index (χ4n) is 5.97. The molecule has 4 nitrogen and oxygen atoms in total. The maximum atomic E-state index is 12.4. The zero-order valence-electron chi connectivity index (χ0n) is 32.9. The van der Waals surface area contributed by atoms with Crippen molar-refractivity contribution in [3.05, 3.63) is 72.9 Å². The van der Waals surface area contributed by atoms with Crippen LogP contribution >= 0.6 is 0 Å². The molecule has 0 saturated heterocycles. The molecule has 0 bridgehead atoms. The van der Waals surface area contributed by atoms with E-state index in [-0.39, 0.29) is 12.5 Å². The molecule has 3 N–H and O–H groups in total. The third-order valence-corrected chi connectivity index (χ3v) is 9.20. The van der Waals surface area contributed by atoms with Gasteiger partial charge in [-0.05, 0) is 64.2 Å². The Labute approximate surface area is 310 Å². The molecular weight excluding hydrogens is 615 g/mol. The summed E-state index contributed by atoms with van der Waals surface area (Å²) in [5, 5.41) is 23.0. The minimum atomic E-state index is -0.847. The lowest BCUT2D eigenvalue weighted by atomic mass is 10.0. The number of allylic oxidation sites excluding steroid dienone is 11. The molecule has 0 fully saturated rings. The van der Waals surface area contributed by atoms with Crippen molar-refractivity contribution < 1.29 is 15.0 Å². The number of nitrogens with one attached hydrogen (secondary N) is 1. The standard InChI is InChI=1S/C46H81NO3/c1-3-5-7-9-11-13-15-17-19-20-21-22-23-24-25-26-28-30-32-34-36-38-40-42-46(50)47-44(43-48)45(49)41-39-37-35-33-31-29-27-18-16-14-12-10-8-6-4-2/h5,7,11,13,17,19,21-22,24-25,39,41,44-45,48-49H,3-4,6,8-10,12,14-16,18,20,23,26-38,40,42-43H2,1-2H3,(H,47,50)/b7-5-,13-11-,19-17-,22-21-,25-24-,41-39+. The van der Waals surface area contributed by atoms with Crippen LogP contribution in [0.3, 0.4) is 0 Å². The normalized spacial score (nSPS) is 13.8.